The van der Waals surface area contributed by atoms with Crippen LogP contribution in [0.2, 0.25) is 0 Å². The fourth-order valence-electron chi connectivity index (χ4n) is 1.96. The number of pyridine rings is 1. The van der Waals surface area contributed by atoms with Crippen molar-refractivity contribution in [3.8, 4) is 5.75 Å². The molecule has 0 aliphatic rings. The van der Waals surface area contributed by atoms with Crippen LogP contribution in [-0.2, 0) is 6.54 Å². The number of aryl methyl sites for hydroxylation is 1. The molecule has 0 saturated heterocycles. The van der Waals surface area contributed by atoms with Crippen molar-refractivity contribution in [1.29, 1.82) is 0 Å². The highest BCUT2D eigenvalue weighted by molar-refractivity contribution is 5.32. The standard InChI is InChI=1S/C15H26N2O/c1-4-6-7-13(5-2)11-18-15-8-12(3)17-10-14(15)9-16/h8,10,13H,4-7,9,11,16H2,1-3H3. The third kappa shape index (κ3) is 4.65. The first-order valence-corrected chi connectivity index (χ1v) is 6.99. The van der Waals surface area contributed by atoms with Crippen LogP contribution >= 0.6 is 0 Å². The Morgan fingerprint density at radius 1 is 1.39 bits per heavy atom. The molecule has 3 nitrogen and oxygen atoms in total. The minimum atomic E-state index is 0.481. The molecule has 1 atom stereocenters. The first-order valence-electron chi connectivity index (χ1n) is 6.99. The lowest BCUT2D eigenvalue weighted by atomic mass is 10.0. The van der Waals surface area contributed by atoms with Crippen molar-refractivity contribution in [3.63, 3.8) is 0 Å². The Hall–Kier alpha value is -1.09. The molecule has 1 aromatic heterocycles. The smallest absolute Gasteiger partial charge is 0.127 e. The monoisotopic (exact) mass is 250 g/mol. The molecule has 1 aromatic rings. The molecular weight excluding hydrogens is 224 g/mol. The molecule has 1 unspecified atom stereocenters. The predicted molar refractivity (Wildman–Crippen MR) is 75.7 cm³/mol. The molecule has 18 heavy (non-hydrogen) atoms. The minimum Gasteiger partial charge on any atom is -0.493 e. The minimum absolute atomic E-state index is 0.481. The molecule has 0 amide bonds. The van der Waals surface area contributed by atoms with Crippen molar-refractivity contribution in [1.82, 2.24) is 4.98 Å². The van der Waals surface area contributed by atoms with E-state index in [-0.39, 0.29) is 0 Å². The van der Waals surface area contributed by atoms with Gasteiger partial charge in [0.05, 0.1) is 6.61 Å². The molecule has 0 aliphatic heterocycles. The van der Waals surface area contributed by atoms with Gasteiger partial charge in [0, 0.05) is 30.1 Å². The average molecular weight is 250 g/mol. The second-order valence-corrected chi connectivity index (χ2v) is 4.87. The summed E-state index contributed by atoms with van der Waals surface area (Å²) in [6.07, 6.45) is 6.76. The van der Waals surface area contributed by atoms with Crippen LogP contribution in [0.4, 0.5) is 0 Å². The van der Waals surface area contributed by atoms with Crippen LogP contribution in [0.15, 0.2) is 12.3 Å². The van der Waals surface area contributed by atoms with Crippen molar-refractivity contribution < 1.29 is 4.74 Å². The van der Waals surface area contributed by atoms with Crippen molar-refractivity contribution in [2.75, 3.05) is 6.61 Å². The second-order valence-electron chi connectivity index (χ2n) is 4.87. The van der Waals surface area contributed by atoms with E-state index in [9.17, 15) is 0 Å². The van der Waals surface area contributed by atoms with Crippen LogP contribution in [0, 0.1) is 12.8 Å². The SMILES string of the molecule is CCCCC(CC)COc1cc(C)ncc1CN. The van der Waals surface area contributed by atoms with Gasteiger partial charge < -0.3 is 10.5 Å². The second kappa shape index (κ2) is 8.09. The molecular formula is C15H26N2O. The van der Waals surface area contributed by atoms with Crippen LogP contribution in [0.3, 0.4) is 0 Å². The highest BCUT2D eigenvalue weighted by Gasteiger charge is 2.09. The van der Waals surface area contributed by atoms with Crippen LogP contribution < -0.4 is 10.5 Å². The number of hydrogen-bond acceptors (Lipinski definition) is 3. The third-order valence-electron chi connectivity index (χ3n) is 3.32. The normalized spacial score (nSPS) is 12.4. The van der Waals surface area contributed by atoms with Gasteiger partial charge in [0.25, 0.3) is 0 Å². The first kappa shape index (κ1) is 15.0. The van der Waals surface area contributed by atoms with E-state index in [1.807, 2.05) is 19.2 Å². The van der Waals surface area contributed by atoms with Gasteiger partial charge in [-0.3, -0.25) is 4.98 Å². The van der Waals surface area contributed by atoms with Crippen LogP contribution in [-0.4, -0.2) is 11.6 Å². The summed E-state index contributed by atoms with van der Waals surface area (Å²) in [5.74, 6) is 1.55. The van der Waals surface area contributed by atoms with Gasteiger partial charge in [-0.15, -0.1) is 0 Å². The average Bonchev–Trinajstić information content (AvgIpc) is 2.39. The van der Waals surface area contributed by atoms with Gasteiger partial charge in [0.1, 0.15) is 5.75 Å². The van der Waals surface area contributed by atoms with Crippen LogP contribution in [0.25, 0.3) is 0 Å². The summed E-state index contributed by atoms with van der Waals surface area (Å²) in [6.45, 7) is 7.69. The fourth-order valence-corrected chi connectivity index (χ4v) is 1.96. The lowest BCUT2D eigenvalue weighted by Crippen LogP contribution is -2.13. The molecule has 0 bridgehead atoms. The maximum Gasteiger partial charge on any atom is 0.127 e. The molecule has 1 heterocycles. The Labute approximate surface area is 111 Å². The van der Waals surface area contributed by atoms with Crippen molar-refractivity contribution >= 4 is 0 Å². The highest BCUT2D eigenvalue weighted by Crippen LogP contribution is 2.21. The molecule has 3 heteroatoms. The molecule has 102 valence electrons. The van der Waals surface area contributed by atoms with E-state index in [4.69, 9.17) is 10.5 Å². The topological polar surface area (TPSA) is 48.1 Å². The van der Waals surface area contributed by atoms with Crippen LogP contribution in [0.5, 0.6) is 5.75 Å². The molecule has 2 N–H and O–H groups in total. The number of nitrogens with zero attached hydrogens (tertiary/aromatic N) is 1. The summed E-state index contributed by atoms with van der Waals surface area (Å²) in [5, 5.41) is 0. The molecule has 1 rings (SSSR count). The fraction of sp³-hybridized carbons (Fsp3) is 0.667. The van der Waals surface area contributed by atoms with E-state index in [1.165, 1.54) is 25.7 Å². The Kier molecular flexibility index (Phi) is 6.73. The Morgan fingerprint density at radius 3 is 2.78 bits per heavy atom. The van der Waals surface area contributed by atoms with Gasteiger partial charge in [-0.1, -0.05) is 33.1 Å². The lowest BCUT2D eigenvalue weighted by molar-refractivity contribution is 0.231. The summed E-state index contributed by atoms with van der Waals surface area (Å²) in [6, 6.07) is 1.98. The highest BCUT2D eigenvalue weighted by atomic mass is 16.5. The molecule has 0 saturated carbocycles. The zero-order chi connectivity index (χ0) is 13.4. The van der Waals surface area contributed by atoms with E-state index < -0.39 is 0 Å². The van der Waals surface area contributed by atoms with Crippen molar-refractivity contribution in [3.05, 3.63) is 23.5 Å². The van der Waals surface area contributed by atoms with Gasteiger partial charge >= 0.3 is 0 Å². The maximum atomic E-state index is 5.94. The summed E-state index contributed by atoms with van der Waals surface area (Å²) >= 11 is 0. The maximum absolute atomic E-state index is 5.94. The number of hydrogen-bond donors (Lipinski definition) is 1. The van der Waals surface area contributed by atoms with Gasteiger partial charge in [-0.05, 0) is 19.3 Å². The van der Waals surface area contributed by atoms with Gasteiger partial charge in [0.2, 0.25) is 0 Å². The number of ether oxygens (including phenoxy) is 1. The molecule has 0 aromatic carbocycles. The van der Waals surface area contributed by atoms with E-state index in [0.29, 0.717) is 12.5 Å². The Morgan fingerprint density at radius 2 is 2.17 bits per heavy atom. The van der Waals surface area contributed by atoms with E-state index in [2.05, 4.69) is 18.8 Å². The molecule has 0 spiro atoms. The van der Waals surface area contributed by atoms with E-state index >= 15 is 0 Å². The summed E-state index contributed by atoms with van der Waals surface area (Å²) in [5.41, 5.74) is 7.67. The number of nitrogens with two attached hydrogens (primary N) is 1. The zero-order valence-electron chi connectivity index (χ0n) is 11.9. The molecule has 0 radical (unpaired) electrons. The number of aromatic nitrogens is 1. The largest absolute Gasteiger partial charge is 0.493 e. The lowest BCUT2D eigenvalue weighted by Gasteiger charge is -2.17. The quantitative estimate of drug-likeness (QED) is 0.768. The molecule has 0 aliphatic carbocycles. The third-order valence-corrected chi connectivity index (χ3v) is 3.32. The summed E-state index contributed by atoms with van der Waals surface area (Å²) in [7, 11) is 0. The van der Waals surface area contributed by atoms with Crippen LogP contribution in [0.1, 0.15) is 50.8 Å². The van der Waals surface area contributed by atoms with Gasteiger partial charge in [-0.25, -0.2) is 0 Å². The predicted octanol–water partition coefficient (Wildman–Crippen LogP) is 3.44. The van der Waals surface area contributed by atoms with E-state index in [0.717, 1.165) is 23.6 Å². The molecule has 0 fully saturated rings. The number of unbranched alkanes of at least 4 members (excludes halogenated alkanes) is 1. The Balaban J connectivity index is 2.57. The Bertz CT molecular complexity index is 352. The van der Waals surface area contributed by atoms with E-state index in [1.54, 1.807) is 0 Å². The van der Waals surface area contributed by atoms with Crippen molar-refractivity contribution in [2.45, 2.75) is 53.0 Å². The van der Waals surface area contributed by atoms with Gasteiger partial charge in [-0.2, -0.15) is 0 Å². The summed E-state index contributed by atoms with van der Waals surface area (Å²) < 4.78 is 5.94. The summed E-state index contributed by atoms with van der Waals surface area (Å²) in [4.78, 5) is 4.25. The first-order chi connectivity index (χ1) is 8.71. The number of rotatable bonds is 8. The van der Waals surface area contributed by atoms with Crippen molar-refractivity contribution in [2.24, 2.45) is 11.7 Å². The zero-order valence-corrected chi connectivity index (χ0v) is 11.9. The van der Waals surface area contributed by atoms with Gasteiger partial charge in [0.15, 0.2) is 0 Å².